The van der Waals surface area contributed by atoms with Crippen molar-refractivity contribution in [1.29, 1.82) is 0 Å². The van der Waals surface area contributed by atoms with Crippen LogP contribution in [0.4, 0.5) is 18.9 Å². The highest BCUT2D eigenvalue weighted by atomic mass is 127. The number of rotatable bonds is 2. The lowest BCUT2D eigenvalue weighted by Crippen LogP contribution is -2.12. The lowest BCUT2D eigenvalue weighted by molar-refractivity contribution is 0.102. The number of halogens is 5. The third-order valence-electron chi connectivity index (χ3n) is 2.42. The van der Waals surface area contributed by atoms with Gasteiger partial charge >= 0.3 is 0 Å². The highest BCUT2D eigenvalue weighted by molar-refractivity contribution is 14.1. The number of hydrogen-bond donors (Lipinski definition) is 1. The Balaban J connectivity index is 2.25. The van der Waals surface area contributed by atoms with Gasteiger partial charge in [0.25, 0.3) is 5.91 Å². The Morgan fingerprint density at radius 1 is 1.10 bits per heavy atom. The molecule has 0 saturated carbocycles. The maximum Gasteiger partial charge on any atom is 0.255 e. The number of hydrogen-bond acceptors (Lipinski definition) is 1. The number of benzene rings is 2. The van der Waals surface area contributed by atoms with E-state index in [2.05, 4.69) is 5.32 Å². The van der Waals surface area contributed by atoms with Gasteiger partial charge in [-0.3, -0.25) is 4.79 Å². The fraction of sp³-hybridized carbons (Fsp3) is 0. The molecule has 0 bridgehead atoms. The van der Waals surface area contributed by atoms with Crippen molar-refractivity contribution in [2.24, 2.45) is 0 Å². The molecule has 0 heterocycles. The molecule has 0 atom stereocenters. The summed E-state index contributed by atoms with van der Waals surface area (Å²) in [6.45, 7) is 0. The molecule has 0 aliphatic rings. The zero-order valence-corrected chi connectivity index (χ0v) is 12.6. The minimum absolute atomic E-state index is 0.180. The molecule has 0 spiro atoms. The Labute approximate surface area is 131 Å². The molecule has 7 heteroatoms. The van der Waals surface area contributed by atoms with Crippen LogP contribution < -0.4 is 5.32 Å². The van der Waals surface area contributed by atoms with Gasteiger partial charge in [0.15, 0.2) is 17.5 Å². The van der Waals surface area contributed by atoms with Crippen molar-refractivity contribution in [1.82, 2.24) is 0 Å². The molecular weight excluding hydrogens is 406 g/mol. The first-order valence-electron chi connectivity index (χ1n) is 5.29. The van der Waals surface area contributed by atoms with Crippen molar-refractivity contribution in [2.45, 2.75) is 0 Å². The first-order valence-corrected chi connectivity index (χ1v) is 6.75. The van der Waals surface area contributed by atoms with E-state index < -0.39 is 23.4 Å². The van der Waals surface area contributed by atoms with Crippen LogP contribution in [0.25, 0.3) is 0 Å². The average Bonchev–Trinajstić information content (AvgIpc) is 2.39. The van der Waals surface area contributed by atoms with Gasteiger partial charge in [-0.2, -0.15) is 0 Å². The van der Waals surface area contributed by atoms with E-state index in [1.54, 1.807) is 6.07 Å². The van der Waals surface area contributed by atoms with Crippen LogP contribution in [0.3, 0.4) is 0 Å². The molecule has 2 aromatic rings. The predicted octanol–water partition coefficient (Wildman–Crippen LogP) is 4.61. The molecule has 0 aliphatic heterocycles. The average molecular weight is 412 g/mol. The normalized spacial score (nSPS) is 10.4. The quantitative estimate of drug-likeness (QED) is 0.567. The van der Waals surface area contributed by atoms with Crippen LogP contribution in [-0.2, 0) is 0 Å². The van der Waals surface area contributed by atoms with Gasteiger partial charge in [0.05, 0.1) is 5.02 Å². The summed E-state index contributed by atoms with van der Waals surface area (Å²) < 4.78 is 39.6. The molecule has 1 N–H and O–H groups in total. The fourth-order valence-electron chi connectivity index (χ4n) is 1.47. The van der Waals surface area contributed by atoms with Crippen LogP contribution in [0, 0.1) is 21.0 Å². The van der Waals surface area contributed by atoms with Crippen LogP contribution in [0.5, 0.6) is 0 Å². The summed E-state index contributed by atoms with van der Waals surface area (Å²) in [5.74, 6) is -4.93. The maximum absolute atomic E-state index is 13.0. The second kappa shape index (κ2) is 6.01. The minimum atomic E-state index is -1.58. The molecule has 0 aromatic heterocycles. The molecule has 0 saturated heterocycles. The molecular formula is C13H6ClF3INO. The SMILES string of the molecule is O=C(Nc1cc(F)c(F)c(F)c1)c1ccc(I)c(Cl)c1. The molecule has 2 rings (SSSR count). The molecule has 2 nitrogen and oxygen atoms in total. The second-order valence-corrected chi connectivity index (χ2v) is 5.41. The van der Waals surface area contributed by atoms with Gasteiger partial charge in [-0.25, -0.2) is 13.2 Å². The Hall–Kier alpha value is -1.28. The van der Waals surface area contributed by atoms with Crippen molar-refractivity contribution in [2.75, 3.05) is 5.32 Å². The molecule has 0 radical (unpaired) electrons. The predicted molar refractivity (Wildman–Crippen MR) is 78.4 cm³/mol. The van der Waals surface area contributed by atoms with E-state index in [0.717, 1.165) is 3.57 Å². The van der Waals surface area contributed by atoms with E-state index in [-0.39, 0.29) is 11.3 Å². The number of nitrogens with one attached hydrogen (secondary N) is 1. The van der Waals surface area contributed by atoms with Gasteiger partial charge in [-0.1, -0.05) is 11.6 Å². The number of carbonyl (C=O) groups excluding carboxylic acids is 1. The Morgan fingerprint density at radius 3 is 2.25 bits per heavy atom. The fourth-order valence-corrected chi connectivity index (χ4v) is 1.98. The summed E-state index contributed by atoms with van der Waals surface area (Å²) in [5.41, 5.74) is 0.0432. The van der Waals surface area contributed by atoms with Gasteiger partial charge in [0.1, 0.15) is 0 Å². The van der Waals surface area contributed by atoms with E-state index in [9.17, 15) is 18.0 Å². The molecule has 1 amide bonds. The topological polar surface area (TPSA) is 29.1 Å². The van der Waals surface area contributed by atoms with Crippen molar-refractivity contribution in [3.63, 3.8) is 0 Å². The van der Waals surface area contributed by atoms with Crippen molar-refractivity contribution < 1.29 is 18.0 Å². The third kappa shape index (κ3) is 3.24. The molecule has 0 aliphatic carbocycles. The summed E-state index contributed by atoms with van der Waals surface area (Å²) in [4.78, 5) is 11.9. The van der Waals surface area contributed by atoms with E-state index >= 15 is 0 Å². The van der Waals surface area contributed by atoms with Crippen molar-refractivity contribution in [3.8, 4) is 0 Å². The lowest BCUT2D eigenvalue weighted by atomic mass is 10.2. The van der Waals surface area contributed by atoms with Gasteiger partial charge in [0.2, 0.25) is 0 Å². The zero-order chi connectivity index (χ0) is 14.9. The van der Waals surface area contributed by atoms with E-state index in [1.165, 1.54) is 12.1 Å². The summed E-state index contributed by atoms with van der Waals surface area (Å²) in [7, 11) is 0. The van der Waals surface area contributed by atoms with Gasteiger partial charge in [-0.05, 0) is 40.8 Å². The lowest BCUT2D eigenvalue weighted by Gasteiger charge is -2.07. The van der Waals surface area contributed by atoms with Gasteiger partial charge < -0.3 is 5.32 Å². The Bertz CT molecular complexity index is 670. The number of carbonyl (C=O) groups is 1. The highest BCUT2D eigenvalue weighted by Gasteiger charge is 2.13. The number of anilines is 1. The summed E-state index contributed by atoms with van der Waals surface area (Å²) >= 11 is 7.87. The van der Waals surface area contributed by atoms with Crippen LogP contribution >= 0.6 is 34.2 Å². The van der Waals surface area contributed by atoms with Gasteiger partial charge in [-0.15, -0.1) is 0 Å². The van der Waals surface area contributed by atoms with E-state index in [4.69, 9.17) is 11.6 Å². The first kappa shape index (κ1) is 15.1. The van der Waals surface area contributed by atoms with Crippen LogP contribution in [-0.4, -0.2) is 5.91 Å². The monoisotopic (exact) mass is 411 g/mol. The van der Waals surface area contributed by atoms with E-state index in [0.29, 0.717) is 17.2 Å². The second-order valence-electron chi connectivity index (χ2n) is 3.84. The third-order valence-corrected chi connectivity index (χ3v) is 4.00. The minimum Gasteiger partial charge on any atom is -0.322 e. The molecule has 2 aromatic carbocycles. The van der Waals surface area contributed by atoms with Crippen molar-refractivity contribution in [3.05, 3.63) is 61.9 Å². The summed E-state index contributed by atoms with van der Waals surface area (Å²) in [6.07, 6.45) is 0. The first-order chi connectivity index (χ1) is 9.38. The summed E-state index contributed by atoms with van der Waals surface area (Å²) in [6, 6.07) is 5.97. The molecule has 20 heavy (non-hydrogen) atoms. The van der Waals surface area contributed by atoms with Crippen LogP contribution in [0.1, 0.15) is 10.4 Å². The number of amides is 1. The largest absolute Gasteiger partial charge is 0.322 e. The van der Waals surface area contributed by atoms with Crippen molar-refractivity contribution >= 4 is 45.8 Å². The van der Waals surface area contributed by atoms with Crippen LogP contribution in [0.2, 0.25) is 5.02 Å². The molecule has 0 unspecified atom stereocenters. The standard InChI is InChI=1S/C13H6ClF3INO/c14-8-3-6(1-2-11(8)18)13(20)19-7-4-9(15)12(17)10(16)5-7/h1-5H,(H,19,20). The Morgan fingerprint density at radius 2 is 1.70 bits per heavy atom. The molecule has 0 fully saturated rings. The maximum atomic E-state index is 13.0. The van der Waals surface area contributed by atoms with Crippen LogP contribution in [0.15, 0.2) is 30.3 Å². The van der Waals surface area contributed by atoms with E-state index in [1.807, 2.05) is 22.6 Å². The molecule has 104 valence electrons. The van der Waals surface area contributed by atoms with Gasteiger partial charge in [0, 0.05) is 27.0 Å². The highest BCUT2D eigenvalue weighted by Crippen LogP contribution is 2.21. The Kier molecular flexibility index (Phi) is 4.54. The summed E-state index contributed by atoms with van der Waals surface area (Å²) in [5, 5.41) is 2.65. The smallest absolute Gasteiger partial charge is 0.255 e. The zero-order valence-electron chi connectivity index (χ0n) is 9.68.